The van der Waals surface area contributed by atoms with Gasteiger partial charge in [0.1, 0.15) is 5.69 Å². The third kappa shape index (κ3) is 2.60. The lowest BCUT2D eigenvalue weighted by molar-refractivity contribution is 0.00987. The summed E-state index contributed by atoms with van der Waals surface area (Å²) in [4.78, 5) is 20.1. The Balaban J connectivity index is 1.65. The standard InChI is InChI=1S/C14H20N4O2/c1-9-6-11(18-13(15)16-9)12(19)17-10-7-14(20-8-10)4-2-3-5-14/h6,10H,2-5,7-8H2,1H3,(H,17,19)(H2,15,16,18)/t10-/m0/s1. The summed E-state index contributed by atoms with van der Waals surface area (Å²) in [6.07, 6.45) is 5.57. The number of hydrogen-bond acceptors (Lipinski definition) is 5. The van der Waals surface area contributed by atoms with Gasteiger partial charge in [-0.05, 0) is 32.3 Å². The van der Waals surface area contributed by atoms with Crippen molar-refractivity contribution in [2.45, 2.75) is 50.7 Å². The quantitative estimate of drug-likeness (QED) is 0.847. The van der Waals surface area contributed by atoms with Crippen molar-refractivity contribution >= 4 is 11.9 Å². The van der Waals surface area contributed by atoms with Gasteiger partial charge in [-0.3, -0.25) is 4.79 Å². The van der Waals surface area contributed by atoms with Gasteiger partial charge >= 0.3 is 0 Å². The number of anilines is 1. The number of nitrogens with zero attached hydrogens (tertiary/aromatic N) is 2. The van der Waals surface area contributed by atoms with Crippen molar-refractivity contribution in [1.82, 2.24) is 15.3 Å². The number of nitrogens with two attached hydrogens (primary N) is 1. The van der Waals surface area contributed by atoms with Gasteiger partial charge in [0.2, 0.25) is 5.95 Å². The minimum Gasteiger partial charge on any atom is -0.373 e. The van der Waals surface area contributed by atoms with Crippen LogP contribution in [0.4, 0.5) is 5.95 Å². The van der Waals surface area contributed by atoms with E-state index < -0.39 is 0 Å². The molecule has 3 rings (SSSR count). The lowest BCUT2D eigenvalue weighted by Gasteiger charge is -2.21. The van der Waals surface area contributed by atoms with Crippen LogP contribution in [0.3, 0.4) is 0 Å². The van der Waals surface area contributed by atoms with Crippen LogP contribution in [-0.4, -0.2) is 34.1 Å². The molecular weight excluding hydrogens is 256 g/mol. The second-order valence-electron chi connectivity index (χ2n) is 5.83. The van der Waals surface area contributed by atoms with Crippen LogP contribution in [0.1, 0.15) is 48.3 Å². The van der Waals surface area contributed by atoms with Gasteiger partial charge in [-0.15, -0.1) is 0 Å². The van der Waals surface area contributed by atoms with Gasteiger partial charge in [-0.1, -0.05) is 12.8 Å². The molecule has 0 aromatic carbocycles. The molecule has 3 N–H and O–H groups in total. The van der Waals surface area contributed by atoms with Gasteiger partial charge in [-0.25, -0.2) is 9.97 Å². The van der Waals surface area contributed by atoms with Gasteiger partial charge in [-0.2, -0.15) is 0 Å². The van der Waals surface area contributed by atoms with Crippen LogP contribution in [-0.2, 0) is 4.74 Å². The average molecular weight is 276 g/mol. The summed E-state index contributed by atoms with van der Waals surface area (Å²) < 4.78 is 5.93. The Kier molecular flexibility index (Phi) is 3.33. The van der Waals surface area contributed by atoms with E-state index in [1.807, 2.05) is 0 Å². The molecule has 20 heavy (non-hydrogen) atoms. The Morgan fingerprint density at radius 2 is 2.20 bits per heavy atom. The number of nitrogens with one attached hydrogen (secondary N) is 1. The van der Waals surface area contributed by atoms with Crippen LogP contribution < -0.4 is 11.1 Å². The molecule has 1 atom stereocenters. The summed E-state index contributed by atoms with van der Waals surface area (Å²) in [6.45, 7) is 2.38. The van der Waals surface area contributed by atoms with E-state index in [1.165, 1.54) is 12.8 Å². The Labute approximate surface area is 118 Å². The zero-order chi connectivity index (χ0) is 14.2. The van der Waals surface area contributed by atoms with E-state index in [1.54, 1.807) is 13.0 Å². The molecule has 6 heteroatoms. The molecule has 1 aromatic heterocycles. The van der Waals surface area contributed by atoms with E-state index in [2.05, 4.69) is 15.3 Å². The van der Waals surface area contributed by atoms with Crippen molar-refractivity contribution in [3.63, 3.8) is 0 Å². The number of aryl methyl sites for hydroxylation is 1. The summed E-state index contributed by atoms with van der Waals surface area (Å²) >= 11 is 0. The second kappa shape index (κ2) is 5.01. The fraction of sp³-hybridized carbons (Fsp3) is 0.643. The minimum absolute atomic E-state index is 0.0125. The van der Waals surface area contributed by atoms with Crippen molar-refractivity contribution in [3.8, 4) is 0 Å². The van der Waals surface area contributed by atoms with Crippen molar-refractivity contribution in [2.75, 3.05) is 12.3 Å². The third-order valence-corrected chi connectivity index (χ3v) is 4.16. The fourth-order valence-electron chi connectivity index (χ4n) is 3.27. The van der Waals surface area contributed by atoms with Crippen LogP contribution in [0.15, 0.2) is 6.07 Å². The molecule has 0 radical (unpaired) electrons. The highest BCUT2D eigenvalue weighted by Crippen LogP contribution is 2.40. The van der Waals surface area contributed by atoms with Crippen LogP contribution in [0.2, 0.25) is 0 Å². The summed E-state index contributed by atoms with van der Waals surface area (Å²) in [6, 6.07) is 1.71. The first kappa shape index (κ1) is 13.3. The van der Waals surface area contributed by atoms with Crippen molar-refractivity contribution in [3.05, 3.63) is 17.5 Å². The molecule has 2 fully saturated rings. The van der Waals surface area contributed by atoms with Crippen LogP contribution in [0, 0.1) is 6.92 Å². The molecule has 1 saturated heterocycles. The maximum Gasteiger partial charge on any atom is 0.270 e. The molecular formula is C14H20N4O2. The smallest absolute Gasteiger partial charge is 0.270 e. The van der Waals surface area contributed by atoms with E-state index in [9.17, 15) is 4.79 Å². The maximum atomic E-state index is 12.2. The summed E-state index contributed by atoms with van der Waals surface area (Å²) in [5, 5.41) is 2.99. The van der Waals surface area contributed by atoms with E-state index in [-0.39, 0.29) is 23.5 Å². The summed E-state index contributed by atoms with van der Waals surface area (Å²) in [5.41, 5.74) is 6.60. The molecule has 0 bridgehead atoms. The number of nitrogen functional groups attached to an aromatic ring is 1. The summed E-state index contributed by atoms with van der Waals surface area (Å²) in [5.74, 6) is -0.0732. The highest BCUT2D eigenvalue weighted by molar-refractivity contribution is 5.92. The predicted molar refractivity (Wildman–Crippen MR) is 74.2 cm³/mol. The van der Waals surface area contributed by atoms with Crippen LogP contribution in [0.25, 0.3) is 0 Å². The van der Waals surface area contributed by atoms with E-state index >= 15 is 0 Å². The normalized spacial score (nSPS) is 24.1. The topological polar surface area (TPSA) is 90.1 Å². The highest BCUT2D eigenvalue weighted by atomic mass is 16.5. The number of rotatable bonds is 2. The highest BCUT2D eigenvalue weighted by Gasteiger charge is 2.42. The van der Waals surface area contributed by atoms with E-state index in [0.717, 1.165) is 19.3 Å². The van der Waals surface area contributed by atoms with Gasteiger partial charge in [0.05, 0.1) is 18.2 Å². The van der Waals surface area contributed by atoms with Gasteiger partial charge < -0.3 is 15.8 Å². The van der Waals surface area contributed by atoms with Crippen LogP contribution in [0.5, 0.6) is 0 Å². The van der Waals surface area contributed by atoms with Crippen LogP contribution >= 0.6 is 0 Å². The number of hydrogen-bond donors (Lipinski definition) is 2. The molecule has 108 valence electrons. The number of carbonyl (C=O) groups excluding carboxylic acids is 1. The van der Waals surface area contributed by atoms with Gasteiger partial charge in [0, 0.05) is 5.69 Å². The van der Waals surface area contributed by atoms with Crippen molar-refractivity contribution in [2.24, 2.45) is 0 Å². The molecule has 1 saturated carbocycles. The first-order chi connectivity index (χ1) is 9.56. The fourth-order valence-corrected chi connectivity index (χ4v) is 3.27. The Morgan fingerprint density at radius 3 is 2.90 bits per heavy atom. The zero-order valence-corrected chi connectivity index (χ0v) is 11.7. The Morgan fingerprint density at radius 1 is 1.45 bits per heavy atom. The minimum atomic E-state index is -0.203. The average Bonchev–Trinajstić information content (AvgIpc) is 2.99. The molecule has 1 amide bonds. The SMILES string of the molecule is Cc1cc(C(=O)N[C@@H]2COC3(CCCC3)C2)nc(N)n1. The van der Waals surface area contributed by atoms with E-state index in [0.29, 0.717) is 18.0 Å². The largest absolute Gasteiger partial charge is 0.373 e. The Bertz CT molecular complexity index is 506. The first-order valence-corrected chi connectivity index (χ1v) is 7.12. The molecule has 1 aliphatic carbocycles. The van der Waals surface area contributed by atoms with E-state index in [4.69, 9.17) is 10.5 Å². The molecule has 1 aliphatic heterocycles. The van der Waals surface area contributed by atoms with Gasteiger partial charge in [0.25, 0.3) is 5.91 Å². The lowest BCUT2D eigenvalue weighted by atomic mass is 9.96. The number of ether oxygens (including phenoxy) is 1. The third-order valence-electron chi connectivity index (χ3n) is 4.16. The number of amides is 1. The molecule has 1 spiro atoms. The molecule has 2 heterocycles. The molecule has 6 nitrogen and oxygen atoms in total. The number of carbonyl (C=O) groups is 1. The molecule has 2 aliphatic rings. The number of aromatic nitrogens is 2. The molecule has 0 unspecified atom stereocenters. The van der Waals surface area contributed by atoms with Crippen molar-refractivity contribution in [1.29, 1.82) is 0 Å². The second-order valence-corrected chi connectivity index (χ2v) is 5.83. The Hall–Kier alpha value is -1.69. The van der Waals surface area contributed by atoms with Gasteiger partial charge in [0.15, 0.2) is 0 Å². The van der Waals surface area contributed by atoms with Crippen molar-refractivity contribution < 1.29 is 9.53 Å². The maximum absolute atomic E-state index is 12.2. The molecule has 1 aromatic rings. The first-order valence-electron chi connectivity index (χ1n) is 7.12. The lowest BCUT2D eigenvalue weighted by Crippen LogP contribution is -2.36. The monoisotopic (exact) mass is 276 g/mol. The summed E-state index contributed by atoms with van der Waals surface area (Å²) in [7, 11) is 0. The zero-order valence-electron chi connectivity index (χ0n) is 11.7. The predicted octanol–water partition coefficient (Wildman–Crippen LogP) is 1.20.